The molecule has 4 nitrogen and oxygen atoms in total. The molecule has 0 aliphatic heterocycles. The van der Waals surface area contributed by atoms with Crippen molar-refractivity contribution in [2.75, 3.05) is 39.4 Å². The minimum absolute atomic E-state index is 0.0345. The summed E-state index contributed by atoms with van der Waals surface area (Å²) in [5.41, 5.74) is 1.01. The highest BCUT2D eigenvalue weighted by atomic mass is 35.5. The van der Waals surface area contributed by atoms with Crippen LogP contribution in [0.4, 0.5) is 0 Å². The van der Waals surface area contributed by atoms with Gasteiger partial charge in [0, 0.05) is 24.5 Å². The van der Waals surface area contributed by atoms with E-state index in [1.54, 1.807) is 0 Å². The molecule has 1 aromatic rings. The molecule has 1 N–H and O–H groups in total. The van der Waals surface area contributed by atoms with Gasteiger partial charge in [-0.1, -0.05) is 43.6 Å². The van der Waals surface area contributed by atoms with E-state index >= 15 is 0 Å². The lowest BCUT2D eigenvalue weighted by Crippen LogP contribution is -2.30. The number of halogens is 1. The molecular weight excluding hydrogens is 300 g/mol. The van der Waals surface area contributed by atoms with Crippen molar-refractivity contribution >= 4 is 17.5 Å². The molecule has 0 spiro atoms. The van der Waals surface area contributed by atoms with Gasteiger partial charge in [0.2, 0.25) is 5.91 Å². The van der Waals surface area contributed by atoms with Crippen molar-refractivity contribution in [1.29, 1.82) is 0 Å². The number of ether oxygens (including phenoxy) is 1. The molecule has 124 valence electrons. The van der Waals surface area contributed by atoms with Crippen LogP contribution in [0.5, 0.6) is 0 Å². The fourth-order valence-electron chi connectivity index (χ4n) is 2.14. The summed E-state index contributed by atoms with van der Waals surface area (Å²) in [6.07, 6.45) is 1.11. The van der Waals surface area contributed by atoms with Gasteiger partial charge in [-0.2, -0.15) is 0 Å². The molecule has 1 amide bonds. The second-order valence-corrected chi connectivity index (χ2v) is 5.49. The molecule has 0 fully saturated rings. The lowest BCUT2D eigenvalue weighted by molar-refractivity contribution is -0.121. The number of benzene rings is 1. The summed E-state index contributed by atoms with van der Waals surface area (Å²) >= 11 is 6.06. The van der Waals surface area contributed by atoms with E-state index in [1.165, 1.54) is 0 Å². The molecule has 5 heteroatoms. The van der Waals surface area contributed by atoms with Gasteiger partial charge < -0.3 is 15.0 Å². The summed E-state index contributed by atoms with van der Waals surface area (Å²) in [6, 6.07) is 7.62. The first kappa shape index (κ1) is 18.9. The molecule has 0 unspecified atom stereocenters. The van der Waals surface area contributed by atoms with Crippen molar-refractivity contribution in [1.82, 2.24) is 10.2 Å². The van der Waals surface area contributed by atoms with Gasteiger partial charge in [-0.15, -0.1) is 0 Å². The number of hydrogen-bond acceptors (Lipinski definition) is 3. The van der Waals surface area contributed by atoms with E-state index < -0.39 is 0 Å². The maximum Gasteiger partial charge on any atom is 0.220 e. The Kier molecular flexibility index (Phi) is 9.87. The quantitative estimate of drug-likeness (QED) is 0.636. The summed E-state index contributed by atoms with van der Waals surface area (Å²) in [5, 5.41) is 3.59. The molecule has 0 saturated heterocycles. The minimum atomic E-state index is 0.0345. The second-order valence-electron chi connectivity index (χ2n) is 5.08. The lowest BCUT2D eigenvalue weighted by atomic mass is 10.1. The number of nitrogens with one attached hydrogen (secondary N) is 1. The lowest BCUT2D eigenvalue weighted by Gasteiger charge is -2.17. The standard InChI is InChI=1S/C17H27ClN2O2/c1-3-20(4-2)12-14-22-13-11-19-17(21)10-9-15-7-5-6-8-16(15)18/h5-8H,3-4,9-14H2,1-2H3,(H,19,21). The maximum atomic E-state index is 11.7. The topological polar surface area (TPSA) is 41.6 Å². The molecule has 22 heavy (non-hydrogen) atoms. The molecule has 0 saturated carbocycles. The van der Waals surface area contributed by atoms with Crippen LogP contribution in [0, 0.1) is 0 Å². The number of hydrogen-bond donors (Lipinski definition) is 1. The normalized spacial score (nSPS) is 10.9. The Morgan fingerprint density at radius 3 is 2.64 bits per heavy atom. The van der Waals surface area contributed by atoms with Crippen molar-refractivity contribution < 1.29 is 9.53 Å². The van der Waals surface area contributed by atoms with E-state index in [-0.39, 0.29) is 5.91 Å². The van der Waals surface area contributed by atoms with E-state index in [4.69, 9.17) is 16.3 Å². The van der Waals surface area contributed by atoms with Crippen LogP contribution < -0.4 is 5.32 Å². The third kappa shape index (κ3) is 7.78. The molecule has 1 rings (SSSR count). The molecule has 0 aromatic heterocycles. The average molecular weight is 327 g/mol. The summed E-state index contributed by atoms with van der Waals surface area (Å²) < 4.78 is 5.52. The second kappa shape index (κ2) is 11.5. The number of nitrogens with zero attached hydrogens (tertiary/aromatic N) is 1. The molecule has 0 heterocycles. The monoisotopic (exact) mass is 326 g/mol. The summed E-state index contributed by atoms with van der Waals surface area (Å²) in [6.45, 7) is 9.12. The van der Waals surface area contributed by atoms with Gasteiger partial charge in [0.25, 0.3) is 0 Å². The zero-order chi connectivity index (χ0) is 16.2. The zero-order valence-corrected chi connectivity index (χ0v) is 14.4. The fraction of sp³-hybridized carbons (Fsp3) is 0.588. The van der Waals surface area contributed by atoms with Crippen LogP contribution in [-0.2, 0) is 16.0 Å². The highest BCUT2D eigenvalue weighted by Gasteiger charge is 2.04. The largest absolute Gasteiger partial charge is 0.378 e. The van der Waals surface area contributed by atoms with E-state index in [0.717, 1.165) is 30.2 Å². The van der Waals surface area contributed by atoms with Crippen LogP contribution in [-0.4, -0.2) is 50.2 Å². The Morgan fingerprint density at radius 1 is 1.23 bits per heavy atom. The molecule has 0 bridgehead atoms. The first-order valence-electron chi connectivity index (χ1n) is 7.97. The third-order valence-corrected chi connectivity index (χ3v) is 3.96. The number of aryl methyl sites for hydroxylation is 1. The van der Waals surface area contributed by atoms with E-state index in [2.05, 4.69) is 24.1 Å². The molecule has 0 aliphatic rings. The van der Waals surface area contributed by atoms with Gasteiger partial charge in [0.05, 0.1) is 13.2 Å². The zero-order valence-electron chi connectivity index (χ0n) is 13.6. The first-order chi connectivity index (χ1) is 10.7. The third-order valence-electron chi connectivity index (χ3n) is 3.59. The van der Waals surface area contributed by atoms with Gasteiger partial charge in [-0.05, 0) is 31.1 Å². The van der Waals surface area contributed by atoms with Gasteiger partial charge in [-0.3, -0.25) is 4.79 Å². The van der Waals surface area contributed by atoms with Crippen LogP contribution in [0.2, 0.25) is 5.02 Å². The highest BCUT2D eigenvalue weighted by molar-refractivity contribution is 6.31. The van der Waals surface area contributed by atoms with Gasteiger partial charge >= 0.3 is 0 Å². The molecule has 0 aliphatic carbocycles. The number of likely N-dealkylation sites (N-methyl/N-ethyl adjacent to an activating group) is 1. The Bertz CT molecular complexity index is 436. The Hall–Kier alpha value is -1.10. The Labute approximate surface area is 138 Å². The first-order valence-corrected chi connectivity index (χ1v) is 8.35. The smallest absolute Gasteiger partial charge is 0.220 e. The van der Waals surface area contributed by atoms with Crippen LogP contribution in [0.15, 0.2) is 24.3 Å². The molecule has 0 atom stereocenters. The predicted octanol–water partition coefficient (Wildman–Crippen LogP) is 2.75. The Balaban J connectivity index is 2.05. The number of carbonyl (C=O) groups excluding carboxylic acids is 1. The number of carbonyl (C=O) groups is 1. The van der Waals surface area contributed by atoms with E-state index in [9.17, 15) is 4.79 Å². The molecule has 0 radical (unpaired) electrons. The SMILES string of the molecule is CCN(CC)CCOCCNC(=O)CCc1ccccc1Cl. The summed E-state index contributed by atoms with van der Waals surface area (Å²) in [5.74, 6) is 0.0345. The minimum Gasteiger partial charge on any atom is -0.378 e. The maximum absolute atomic E-state index is 11.7. The highest BCUT2D eigenvalue weighted by Crippen LogP contribution is 2.16. The van der Waals surface area contributed by atoms with E-state index in [0.29, 0.717) is 32.6 Å². The number of rotatable bonds is 11. The summed E-state index contributed by atoms with van der Waals surface area (Å²) in [7, 11) is 0. The molecular formula is C17H27ClN2O2. The van der Waals surface area contributed by atoms with Crippen molar-refractivity contribution in [3.05, 3.63) is 34.9 Å². The fourth-order valence-corrected chi connectivity index (χ4v) is 2.37. The average Bonchev–Trinajstić information content (AvgIpc) is 2.53. The predicted molar refractivity (Wildman–Crippen MR) is 91.4 cm³/mol. The van der Waals surface area contributed by atoms with E-state index in [1.807, 2.05) is 24.3 Å². The van der Waals surface area contributed by atoms with Crippen LogP contribution in [0.3, 0.4) is 0 Å². The van der Waals surface area contributed by atoms with Crippen molar-refractivity contribution in [3.63, 3.8) is 0 Å². The number of amides is 1. The van der Waals surface area contributed by atoms with Crippen LogP contribution >= 0.6 is 11.6 Å². The van der Waals surface area contributed by atoms with Gasteiger partial charge in [0.15, 0.2) is 0 Å². The molecule has 1 aromatic carbocycles. The van der Waals surface area contributed by atoms with Crippen molar-refractivity contribution in [3.8, 4) is 0 Å². The Morgan fingerprint density at radius 2 is 1.95 bits per heavy atom. The van der Waals surface area contributed by atoms with Gasteiger partial charge in [-0.25, -0.2) is 0 Å². The van der Waals surface area contributed by atoms with Crippen LogP contribution in [0.25, 0.3) is 0 Å². The summed E-state index contributed by atoms with van der Waals surface area (Å²) in [4.78, 5) is 14.1. The van der Waals surface area contributed by atoms with Crippen molar-refractivity contribution in [2.45, 2.75) is 26.7 Å². The van der Waals surface area contributed by atoms with Crippen molar-refractivity contribution in [2.24, 2.45) is 0 Å². The van der Waals surface area contributed by atoms with Gasteiger partial charge in [0.1, 0.15) is 0 Å². The van der Waals surface area contributed by atoms with Crippen LogP contribution in [0.1, 0.15) is 25.8 Å².